The molecule has 0 aromatic heterocycles. The van der Waals surface area contributed by atoms with E-state index in [9.17, 15) is 0 Å². The smallest absolute Gasteiger partial charge is 0.0151 e. The molecule has 16 heavy (non-hydrogen) atoms. The van der Waals surface area contributed by atoms with Gasteiger partial charge in [0.2, 0.25) is 0 Å². The lowest BCUT2D eigenvalue weighted by atomic mass is 9.97. The fourth-order valence-corrected chi connectivity index (χ4v) is 1.78. The van der Waals surface area contributed by atoms with Gasteiger partial charge in [0.1, 0.15) is 0 Å². The number of benzene rings is 2. The number of hydrogen-bond acceptors (Lipinski definition) is 0. The van der Waals surface area contributed by atoms with Crippen molar-refractivity contribution < 1.29 is 0 Å². The fourth-order valence-electron chi connectivity index (χ4n) is 1.78. The summed E-state index contributed by atoms with van der Waals surface area (Å²) in [7, 11) is 0. The minimum absolute atomic E-state index is 0.805. The molecule has 2 aromatic carbocycles. The molecule has 0 bridgehead atoms. The average molecular weight is 207 g/mol. The summed E-state index contributed by atoms with van der Waals surface area (Å²) in [4.78, 5) is 0. The second-order valence-electron chi connectivity index (χ2n) is 3.64. The van der Waals surface area contributed by atoms with Crippen LogP contribution in [0.2, 0.25) is 0 Å². The van der Waals surface area contributed by atoms with Crippen LogP contribution in [0.4, 0.5) is 0 Å². The van der Waals surface area contributed by atoms with Gasteiger partial charge in [-0.2, -0.15) is 0 Å². The Morgan fingerprint density at radius 1 is 0.812 bits per heavy atom. The molecule has 0 aliphatic carbocycles. The van der Waals surface area contributed by atoms with Crippen LogP contribution >= 0.6 is 0 Å². The van der Waals surface area contributed by atoms with Crippen molar-refractivity contribution in [2.24, 2.45) is 0 Å². The van der Waals surface area contributed by atoms with Gasteiger partial charge >= 0.3 is 0 Å². The molecule has 79 valence electrons. The molecule has 0 unspecified atom stereocenters. The minimum Gasteiger partial charge on any atom is -0.0761 e. The fraction of sp³-hybridized carbons (Fsp3) is 0.0625. The van der Waals surface area contributed by atoms with Crippen LogP contribution in [-0.2, 0) is 0 Å². The first-order chi connectivity index (χ1) is 7.92. The predicted octanol–water partition coefficient (Wildman–Crippen LogP) is 4.34. The third-order valence-electron chi connectivity index (χ3n) is 2.52. The second kappa shape index (κ2) is 5.32. The van der Waals surface area contributed by atoms with Gasteiger partial charge in [0, 0.05) is 0 Å². The van der Waals surface area contributed by atoms with Crippen molar-refractivity contribution in [3.05, 3.63) is 84.8 Å². The molecule has 0 spiro atoms. The van der Waals surface area contributed by atoms with Gasteiger partial charge in [-0.15, -0.1) is 0 Å². The van der Waals surface area contributed by atoms with E-state index in [2.05, 4.69) is 61.5 Å². The van der Waals surface area contributed by atoms with Gasteiger partial charge < -0.3 is 0 Å². The van der Waals surface area contributed by atoms with E-state index in [0.29, 0.717) is 0 Å². The highest BCUT2D eigenvalue weighted by molar-refractivity contribution is 5.79. The highest BCUT2D eigenvalue weighted by Crippen LogP contribution is 2.23. The molecule has 2 rings (SSSR count). The van der Waals surface area contributed by atoms with Crippen LogP contribution in [0.15, 0.2) is 66.7 Å². The van der Waals surface area contributed by atoms with Crippen molar-refractivity contribution in [3.63, 3.8) is 0 Å². The highest BCUT2D eigenvalue weighted by atomic mass is 14.1. The Labute approximate surface area is 97.3 Å². The lowest BCUT2D eigenvalue weighted by Gasteiger charge is -2.07. The van der Waals surface area contributed by atoms with Crippen LogP contribution in [0.3, 0.4) is 0 Å². The van der Waals surface area contributed by atoms with Crippen LogP contribution < -0.4 is 0 Å². The summed E-state index contributed by atoms with van der Waals surface area (Å²) in [5, 5.41) is 0. The Bertz CT molecular complexity index is 410. The molecule has 0 atom stereocenters. The topological polar surface area (TPSA) is 0 Å². The molecule has 0 N–H and O–H groups in total. The molecule has 0 amide bonds. The molecule has 0 saturated carbocycles. The maximum absolute atomic E-state index is 3.90. The Hall–Kier alpha value is -1.82. The second-order valence-corrected chi connectivity index (χ2v) is 3.64. The zero-order chi connectivity index (χ0) is 11.2. The molecule has 0 saturated heterocycles. The Kier molecular flexibility index (Phi) is 3.55. The van der Waals surface area contributed by atoms with Gasteiger partial charge in [-0.25, -0.2) is 0 Å². The summed E-state index contributed by atoms with van der Waals surface area (Å²) in [6.07, 6.45) is 2.98. The van der Waals surface area contributed by atoms with Crippen molar-refractivity contribution >= 4 is 5.57 Å². The lowest BCUT2D eigenvalue weighted by molar-refractivity contribution is 1.39. The van der Waals surface area contributed by atoms with Gasteiger partial charge in [-0.05, 0) is 30.0 Å². The van der Waals surface area contributed by atoms with Crippen molar-refractivity contribution in [3.8, 4) is 0 Å². The van der Waals surface area contributed by atoms with Crippen molar-refractivity contribution in [2.75, 3.05) is 0 Å². The zero-order valence-electron chi connectivity index (χ0n) is 9.27. The molecule has 0 aliphatic rings. The molecule has 0 fully saturated rings. The maximum atomic E-state index is 3.90. The van der Waals surface area contributed by atoms with E-state index in [4.69, 9.17) is 0 Å². The van der Waals surface area contributed by atoms with Crippen LogP contribution in [0, 0.1) is 6.92 Å². The maximum Gasteiger partial charge on any atom is -0.0151 e. The van der Waals surface area contributed by atoms with E-state index < -0.39 is 0 Å². The first-order valence-electron chi connectivity index (χ1n) is 5.52. The third kappa shape index (κ3) is 2.40. The summed E-state index contributed by atoms with van der Waals surface area (Å²) in [6.45, 7) is 3.90. The molecule has 0 heterocycles. The summed E-state index contributed by atoms with van der Waals surface area (Å²) < 4.78 is 0. The molecule has 2 aromatic rings. The molecule has 0 nitrogen and oxygen atoms in total. The summed E-state index contributed by atoms with van der Waals surface area (Å²) in [5.41, 5.74) is 3.76. The van der Waals surface area contributed by atoms with E-state index in [0.717, 1.165) is 6.42 Å². The summed E-state index contributed by atoms with van der Waals surface area (Å²) in [5.74, 6) is 0. The van der Waals surface area contributed by atoms with Gasteiger partial charge in [-0.1, -0.05) is 66.7 Å². The number of allylic oxidation sites excluding steroid dienone is 1. The molecule has 0 heteroatoms. The minimum atomic E-state index is 0.805. The van der Waals surface area contributed by atoms with Gasteiger partial charge in [0.25, 0.3) is 0 Å². The van der Waals surface area contributed by atoms with E-state index in [1.54, 1.807) is 0 Å². The van der Waals surface area contributed by atoms with Crippen molar-refractivity contribution in [1.82, 2.24) is 0 Å². The van der Waals surface area contributed by atoms with E-state index in [1.807, 2.05) is 12.1 Å². The third-order valence-corrected chi connectivity index (χ3v) is 2.52. The normalized spacial score (nSPS) is 9.81. The molecule has 0 aliphatic heterocycles. The van der Waals surface area contributed by atoms with E-state index >= 15 is 0 Å². The van der Waals surface area contributed by atoms with Crippen molar-refractivity contribution in [1.29, 1.82) is 0 Å². The van der Waals surface area contributed by atoms with Crippen LogP contribution in [0.5, 0.6) is 0 Å². The lowest BCUT2D eigenvalue weighted by Crippen LogP contribution is -1.87. The molecular weight excluding hydrogens is 192 g/mol. The highest BCUT2D eigenvalue weighted by Gasteiger charge is 2.02. The molecular formula is C16H15. The van der Waals surface area contributed by atoms with Crippen LogP contribution in [-0.4, -0.2) is 0 Å². The first kappa shape index (κ1) is 10.7. The number of hydrogen-bond donors (Lipinski definition) is 0. The zero-order valence-corrected chi connectivity index (χ0v) is 9.27. The Balaban J connectivity index is 2.44. The Morgan fingerprint density at radius 3 is 1.62 bits per heavy atom. The van der Waals surface area contributed by atoms with Gasteiger partial charge in [0.05, 0.1) is 0 Å². The van der Waals surface area contributed by atoms with Gasteiger partial charge in [0.15, 0.2) is 0 Å². The molecule has 1 radical (unpaired) electrons. The number of rotatable bonds is 3. The summed E-state index contributed by atoms with van der Waals surface area (Å²) in [6, 6.07) is 20.9. The largest absolute Gasteiger partial charge is 0.0761 e. The van der Waals surface area contributed by atoms with Crippen LogP contribution in [0.25, 0.3) is 5.57 Å². The summed E-state index contributed by atoms with van der Waals surface area (Å²) >= 11 is 0. The Morgan fingerprint density at radius 2 is 1.25 bits per heavy atom. The van der Waals surface area contributed by atoms with Gasteiger partial charge in [-0.3, -0.25) is 0 Å². The van der Waals surface area contributed by atoms with E-state index in [1.165, 1.54) is 16.7 Å². The average Bonchev–Trinajstić information content (AvgIpc) is 2.38. The first-order valence-corrected chi connectivity index (χ1v) is 5.52. The standard InChI is InChI=1S/C16H15/c1-2-9-16(14-10-5-3-6-11-14)15-12-7-4-8-13-15/h3-13H,1-2H2. The van der Waals surface area contributed by atoms with E-state index in [-0.39, 0.29) is 0 Å². The predicted molar refractivity (Wildman–Crippen MR) is 69.9 cm³/mol. The monoisotopic (exact) mass is 207 g/mol. The van der Waals surface area contributed by atoms with Crippen molar-refractivity contribution in [2.45, 2.75) is 6.42 Å². The van der Waals surface area contributed by atoms with Crippen LogP contribution in [0.1, 0.15) is 17.5 Å². The SMILES string of the molecule is [CH2]CC=C(c1ccccc1)c1ccccc1. The quantitative estimate of drug-likeness (QED) is 0.702.